The van der Waals surface area contributed by atoms with Gasteiger partial charge in [-0.05, 0) is 49.7 Å². The van der Waals surface area contributed by atoms with Crippen molar-refractivity contribution in [2.45, 2.75) is 60.4 Å². The van der Waals surface area contributed by atoms with Gasteiger partial charge in [0.25, 0.3) is 0 Å². The molecular weight excluding hydrogens is 220 g/mol. The van der Waals surface area contributed by atoms with Crippen LogP contribution in [0.5, 0.6) is 0 Å². The van der Waals surface area contributed by atoms with Crippen LogP contribution in [0.4, 0.5) is 0 Å². The summed E-state index contributed by atoms with van der Waals surface area (Å²) in [5.41, 5.74) is 0.368. The monoisotopic (exact) mass is 254 g/mol. The van der Waals surface area contributed by atoms with Crippen molar-refractivity contribution in [2.24, 2.45) is 17.3 Å². The molecule has 2 unspecified atom stereocenters. The largest absolute Gasteiger partial charge is 0.314 e. The van der Waals surface area contributed by atoms with Crippen molar-refractivity contribution < 1.29 is 0 Å². The Morgan fingerprint density at radius 1 is 1.28 bits per heavy atom. The summed E-state index contributed by atoms with van der Waals surface area (Å²) in [6, 6.07) is 0.639. The van der Waals surface area contributed by atoms with Crippen molar-refractivity contribution in [2.75, 3.05) is 26.2 Å². The summed E-state index contributed by atoms with van der Waals surface area (Å²) in [5.74, 6) is 1.78. The average molecular weight is 254 g/mol. The van der Waals surface area contributed by atoms with Gasteiger partial charge in [0.1, 0.15) is 0 Å². The molecule has 1 rings (SSSR count). The number of nitrogens with one attached hydrogen (secondary N) is 1. The molecule has 0 aromatic carbocycles. The molecule has 0 saturated carbocycles. The van der Waals surface area contributed by atoms with Gasteiger partial charge in [-0.25, -0.2) is 0 Å². The van der Waals surface area contributed by atoms with Gasteiger partial charge in [0.2, 0.25) is 0 Å². The lowest BCUT2D eigenvalue weighted by Gasteiger charge is -2.33. The van der Waals surface area contributed by atoms with E-state index in [9.17, 15) is 0 Å². The van der Waals surface area contributed by atoms with E-state index < -0.39 is 0 Å². The summed E-state index contributed by atoms with van der Waals surface area (Å²) in [6.07, 6.45) is 2.68. The number of rotatable bonds is 6. The topological polar surface area (TPSA) is 15.3 Å². The molecular formula is C16H34N2. The van der Waals surface area contributed by atoms with Crippen LogP contribution in [0.3, 0.4) is 0 Å². The van der Waals surface area contributed by atoms with Gasteiger partial charge in [-0.3, -0.25) is 0 Å². The molecule has 1 fully saturated rings. The fourth-order valence-electron chi connectivity index (χ4n) is 3.01. The Labute approximate surface area is 115 Å². The van der Waals surface area contributed by atoms with E-state index in [1.54, 1.807) is 0 Å². The fourth-order valence-corrected chi connectivity index (χ4v) is 3.01. The Kier molecular flexibility index (Phi) is 6.13. The average Bonchev–Trinajstić information content (AvgIpc) is 2.71. The summed E-state index contributed by atoms with van der Waals surface area (Å²) in [6.45, 7) is 19.0. The SMILES string of the molecule is CCNC(CCN1CCC(C(C)C)C1)C(C)(C)C. The highest BCUT2D eigenvalue weighted by Gasteiger charge is 2.27. The third-order valence-electron chi connectivity index (χ3n) is 4.48. The van der Waals surface area contributed by atoms with E-state index in [2.05, 4.69) is 51.8 Å². The zero-order chi connectivity index (χ0) is 13.8. The predicted molar refractivity (Wildman–Crippen MR) is 80.9 cm³/mol. The second kappa shape index (κ2) is 6.91. The van der Waals surface area contributed by atoms with Crippen LogP contribution < -0.4 is 5.32 Å². The smallest absolute Gasteiger partial charge is 0.0128 e. The van der Waals surface area contributed by atoms with Crippen LogP contribution in [-0.4, -0.2) is 37.1 Å². The van der Waals surface area contributed by atoms with E-state index in [-0.39, 0.29) is 0 Å². The second-order valence-corrected chi connectivity index (χ2v) is 7.36. The predicted octanol–water partition coefficient (Wildman–Crippen LogP) is 3.38. The molecule has 1 aliphatic rings. The maximum Gasteiger partial charge on any atom is 0.0128 e. The zero-order valence-corrected chi connectivity index (χ0v) is 13.4. The van der Waals surface area contributed by atoms with Crippen molar-refractivity contribution in [1.82, 2.24) is 10.2 Å². The summed E-state index contributed by atoms with van der Waals surface area (Å²) in [4.78, 5) is 2.67. The standard InChI is InChI=1S/C16H34N2/c1-7-17-15(16(4,5)6)9-11-18-10-8-14(12-18)13(2)3/h13-15,17H,7-12H2,1-6H3. The summed E-state index contributed by atoms with van der Waals surface area (Å²) in [5, 5.41) is 3.65. The van der Waals surface area contributed by atoms with Crippen molar-refractivity contribution in [3.05, 3.63) is 0 Å². The molecule has 18 heavy (non-hydrogen) atoms. The van der Waals surface area contributed by atoms with E-state index in [0.29, 0.717) is 11.5 Å². The maximum absolute atomic E-state index is 3.65. The molecule has 0 radical (unpaired) electrons. The van der Waals surface area contributed by atoms with E-state index in [0.717, 1.165) is 18.4 Å². The van der Waals surface area contributed by atoms with Crippen LogP contribution in [-0.2, 0) is 0 Å². The minimum atomic E-state index is 0.368. The quantitative estimate of drug-likeness (QED) is 0.782. The van der Waals surface area contributed by atoms with Gasteiger partial charge in [0.05, 0.1) is 0 Å². The van der Waals surface area contributed by atoms with Gasteiger partial charge in [-0.2, -0.15) is 0 Å². The van der Waals surface area contributed by atoms with Crippen LogP contribution in [0.25, 0.3) is 0 Å². The van der Waals surface area contributed by atoms with E-state index in [4.69, 9.17) is 0 Å². The first kappa shape index (κ1) is 16.0. The van der Waals surface area contributed by atoms with Gasteiger partial charge in [0.15, 0.2) is 0 Å². The first-order valence-electron chi connectivity index (χ1n) is 7.80. The number of hydrogen-bond acceptors (Lipinski definition) is 2. The van der Waals surface area contributed by atoms with Gasteiger partial charge in [0, 0.05) is 12.6 Å². The first-order chi connectivity index (χ1) is 8.34. The maximum atomic E-state index is 3.65. The van der Waals surface area contributed by atoms with Crippen LogP contribution >= 0.6 is 0 Å². The summed E-state index contributed by atoms with van der Waals surface area (Å²) >= 11 is 0. The lowest BCUT2D eigenvalue weighted by atomic mass is 9.84. The van der Waals surface area contributed by atoms with Crippen molar-refractivity contribution >= 4 is 0 Å². The zero-order valence-electron chi connectivity index (χ0n) is 13.4. The highest BCUT2D eigenvalue weighted by Crippen LogP contribution is 2.26. The van der Waals surface area contributed by atoms with Gasteiger partial charge < -0.3 is 10.2 Å². The fraction of sp³-hybridized carbons (Fsp3) is 1.00. The molecule has 0 aromatic heterocycles. The third kappa shape index (κ3) is 4.89. The molecule has 0 aliphatic carbocycles. The van der Waals surface area contributed by atoms with E-state index >= 15 is 0 Å². The van der Waals surface area contributed by atoms with Crippen LogP contribution in [0.1, 0.15) is 54.4 Å². The summed E-state index contributed by atoms with van der Waals surface area (Å²) < 4.78 is 0. The van der Waals surface area contributed by atoms with E-state index in [1.807, 2.05) is 0 Å². The Bertz CT molecular complexity index is 230. The van der Waals surface area contributed by atoms with Crippen molar-refractivity contribution in [3.63, 3.8) is 0 Å². The molecule has 0 spiro atoms. The molecule has 0 aromatic rings. The third-order valence-corrected chi connectivity index (χ3v) is 4.48. The highest BCUT2D eigenvalue weighted by atomic mass is 15.1. The Balaban J connectivity index is 2.35. The molecule has 1 heterocycles. The van der Waals surface area contributed by atoms with Crippen molar-refractivity contribution in [1.29, 1.82) is 0 Å². The second-order valence-electron chi connectivity index (χ2n) is 7.36. The number of hydrogen-bond donors (Lipinski definition) is 1. The van der Waals surface area contributed by atoms with Crippen LogP contribution in [0.15, 0.2) is 0 Å². The molecule has 2 nitrogen and oxygen atoms in total. The lowest BCUT2D eigenvalue weighted by Crippen LogP contribution is -2.42. The molecule has 2 heteroatoms. The molecule has 0 bridgehead atoms. The molecule has 1 aliphatic heterocycles. The molecule has 2 atom stereocenters. The first-order valence-corrected chi connectivity index (χ1v) is 7.80. The minimum Gasteiger partial charge on any atom is -0.314 e. The molecule has 1 saturated heterocycles. The Hall–Kier alpha value is -0.0800. The normalized spacial score (nSPS) is 23.8. The Morgan fingerprint density at radius 3 is 2.39 bits per heavy atom. The van der Waals surface area contributed by atoms with Crippen LogP contribution in [0, 0.1) is 17.3 Å². The lowest BCUT2D eigenvalue weighted by molar-refractivity contribution is 0.218. The molecule has 108 valence electrons. The highest BCUT2D eigenvalue weighted by molar-refractivity contribution is 4.83. The van der Waals surface area contributed by atoms with Crippen molar-refractivity contribution in [3.8, 4) is 0 Å². The summed E-state index contributed by atoms with van der Waals surface area (Å²) in [7, 11) is 0. The number of likely N-dealkylation sites (tertiary alicyclic amines) is 1. The van der Waals surface area contributed by atoms with Gasteiger partial charge >= 0.3 is 0 Å². The molecule has 1 N–H and O–H groups in total. The Morgan fingerprint density at radius 2 is 1.94 bits per heavy atom. The van der Waals surface area contributed by atoms with Crippen LogP contribution in [0.2, 0.25) is 0 Å². The minimum absolute atomic E-state index is 0.368. The molecule has 0 amide bonds. The van der Waals surface area contributed by atoms with E-state index in [1.165, 1.54) is 32.5 Å². The van der Waals surface area contributed by atoms with Gasteiger partial charge in [-0.15, -0.1) is 0 Å². The number of nitrogens with zero attached hydrogens (tertiary/aromatic N) is 1. The van der Waals surface area contributed by atoms with Gasteiger partial charge in [-0.1, -0.05) is 41.5 Å².